The van der Waals surface area contributed by atoms with Crippen LogP contribution in [-0.4, -0.2) is 63.5 Å². The number of nitrogens with zero attached hydrogens (tertiary/aromatic N) is 4. The lowest BCUT2D eigenvalue weighted by atomic mass is 10.1. The van der Waals surface area contributed by atoms with Crippen LogP contribution in [0.25, 0.3) is 11.2 Å². The molecule has 12 nitrogen and oxygen atoms in total. The maximum Gasteiger partial charge on any atom is 0.320 e. The number of imidazole rings is 1. The van der Waals surface area contributed by atoms with Crippen LogP contribution in [0.5, 0.6) is 12.0 Å². The smallest absolute Gasteiger partial charge is 0.320 e. The number of sulfonamides is 1. The minimum absolute atomic E-state index is 0.0166. The Morgan fingerprint density at radius 1 is 1.26 bits per heavy atom. The summed E-state index contributed by atoms with van der Waals surface area (Å²) >= 11 is 0. The SMILES string of the molecule is CS(=O)(=O)NCCCOc1nc(N)c2nc(O)n(Cc3cccc(CC(=O)O)c3)c2n1. The molecule has 0 aliphatic carbocycles. The normalized spacial score (nSPS) is 11.6. The lowest BCUT2D eigenvalue weighted by Crippen LogP contribution is -2.24. The Morgan fingerprint density at radius 2 is 2.00 bits per heavy atom. The van der Waals surface area contributed by atoms with E-state index in [-0.39, 0.29) is 55.1 Å². The van der Waals surface area contributed by atoms with Crippen LogP contribution in [0.1, 0.15) is 17.5 Å². The largest absolute Gasteiger partial charge is 0.481 e. The van der Waals surface area contributed by atoms with Gasteiger partial charge in [0.1, 0.15) is 0 Å². The van der Waals surface area contributed by atoms with Gasteiger partial charge < -0.3 is 20.7 Å². The van der Waals surface area contributed by atoms with Crippen molar-refractivity contribution >= 4 is 33.0 Å². The molecule has 0 aliphatic rings. The van der Waals surface area contributed by atoms with Crippen LogP contribution in [0.4, 0.5) is 5.82 Å². The van der Waals surface area contributed by atoms with E-state index in [9.17, 15) is 18.3 Å². The van der Waals surface area contributed by atoms with E-state index >= 15 is 0 Å². The average molecular weight is 450 g/mol. The molecule has 166 valence electrons. The van der Waals surface area contributed by atoms with Crippen molar-refractivity contribution in [2.24, 2.45) is 0 Å². The summed E-state index contributed by atoms with van der Waals surface area (Å²) in [5.74, 6) is -0.926. The number of hydrogen-bond acceptors (Lipinski definition) is 9. The van der Waals surface area contributed by atoms with Crippen LogP contribution in [0.3, 0.4) is 0 Å². The highest BCUT2D eigenvalue weighted by Gasteiger charge is 2.17. The van der Waals surface area contributed by atoms with Gasteiger partial charge in [0.2, 0.25) is 10.0 Å². The number of aromatic nitrogens is 4. The van der Waals surface area contributed by atoms with Crippen LogP contribution in [-0.2, 0) is 27.8 Å². The van der Waals surface area contributed by atoms with E-state index in [2.05, 4.69) is 19.7 Å². The Kier molecular flexibility index (Phi) is 6.56. The fraction of sp³-hybridized carbons (Fsp3) is 0.333. The van der Waals surface area contributed by atoms with Crippen LogP contribution >= 0.6 is 0 Å². The minimum atomic E-state index is -3.28. The number of benzene rings is 1. The molecule has 0 unspecified atom stereocenters. The van der Waals surface area contributed by atoms with Gasteiger partial charge in [-0.2, -0.15) is 15.0 Å². The van der Waals surface area contributed by atoms with E-state index in [4.69, 9.17) is 15.6 Å². The molecule has 1 aromatic carbocycles. The van der Waals surface area contributed by atoms with Crippen molar-refractivity contribution in [3.8, 4) is 12.0 Å². The number of anilines is 1. The van der Waals surface area contributed by atoms with Gasteiger partial charge in [-0.3, -0.25) is 9.36 Å². The topological polar surface area (TPSA) is 183 Å². The van der Waals surface area contributed by atoms with E-state index in [0.29, 0.717) is 12.0 Å². The molecule has 0 saturated carbocycles. The van der Waals surface area contributed by atoms with Crippen molar-refractivity contribution in [3.05, 3.63) is 35.4 Å². The molecule has 2 heterocycles. The van der Waals surface area contributed by atoms with Crippen molar-refractivity contribution in [2.45, 2.75) is 19.4 Å². The first-order chi connectivity index (χ1) is 14.6. The highest BCUT2D eigenvalue weighted by atomic mass is 32.2. The zero-order valence-electron chi connectivity index (χ0n) is 16.6. The van der Waals surface area contributed by atoms with Crippen molar-refractivity contribution in [1.82, 2.24) is 24.2 Å². The summed E-state index contributed by atoms with van der Waals surface area (Å²) in [4.78, 5) is 23.2. The molecule has 0 saturated heterocycles. The first kappa shape index (κ1) is 22.2. The predicted octanol–water partition coefficient (Wildman–Crippen LogP) is 0.108. The zero-order chi connectivity index (χ0) is 22.6. The molecule has 31 heavy (non-hydrogen) atoms. The van der Waals surface area contributed by atoms with Gasteiger partial charge in [0.15, 0.2) is 17.0 Å². The third-order valence-corrected chi connectivity index (χ3v) is 4.91. The number of carboxylic acid groups (broad SMARTS) is 1. The molecular weight excluding hydrogens is 428 g/mol. The molecule has 2 aromatic heterocycles. The van der Waals surface area contributed by atoms with Crippen LogP contribution < -0.4 is 15.2 Å². The lowest BCUT2D eigenvalue weighted by molar-refractivity contribution is -0.136. The standard InChI is InChI=1S/C18H22N6O6S/c1-31(28,29)20-6-3-7-30-17-22-15(19)14-16(23-17)24(18(27)21-14)10-12-5-2-4-11(8-12)9-13(25)26/h2,4-5,8,20H,3,6-7,9-10H2,1H3,(H,21,27)(H,25,26)(H2,19,22,23). The van der Waals surface area contributed by atoms with E-state index in [1.165, 1.54) is 4.57 Å². The first-order valence-corrected chi connectivity index (χ1v) is 11.1. The molecule has 5 N–H and O–H groups in total. The summed E-state index contributed by atoms with van der Waals surface area (Å²) in [7, 11) is -3.28. The number of hydrogen-bond donors (Lipinski definition) is 4. The molecular formula is C18H22N6O6S. The zero-order valence-corrected chi connectivity index (χ0v) is 17.5. The van der Waals surface area contributed by atoms with Crippen LogP contribution in [0.15, 0.2) is 24.3 Å². The molecule has 0 spiro atoms. The van der Waals surface area contributed by atoms with Gasteiger partial charge in [-0.1, -0.05) is 24.3 Å². The lowest BCUT2D eigenvalue weighted by Gasteiger charge is -2.09. The second kappa shape index (κ2) is 9.14. The number of rotatable bonds is 10. The summed E-state index contributed by atoms with van der Waals surface area (Å²) < 4.78 is 31.3. The number of carbonyl (C=O) groups is 1. The first-order valence-electron chi connectivity index (χ1n) is 9.22. The van der Waals surface area contributed by atoms with Crippen molar-refractivity contribution < 1.29 is 28.2 Å². The number of aromatic hydroxyl groups is 1. The number of carboxylic acids is 1. The minimum Gasteiger partial charge on any atom is -0.481 e. The number of nitrogens with one attached hydrogen (secondary N) is 1. The molecule has 0 amide bonds. The Hall–Kier alpha value is -3.45. The fourth-order valence-electron chi connectivity index (χ4n) is 2.89. The molecule has 0 bridgehead atoms. The Morgan fingerprint density at radius 3 is 2.71 bits per heavy atom. The summed E-state index contributed by atoms with van der Waals surface area (Å²) in [5, 5.41) is 19.2. The highest BCUT2D eigenvalue weighted by molar-refractivity contribution is 7.88. The van der Waals surface area contributed by atoms with E-state index < -0.39 is 16.0 Å². The molecule has 0 fully saturated rings. The average Bonchev–Trinajstić information content (AvgIpc) is 2.97. The molecule has 13 heteroatoms. The fourth-order valence-corrected chi connectivity index (χ4v) is 3.40. The number of nitrogens with two attached hydrogens (primary N) is 1. The Labute approximate surface area is 177 Å². The number of fused-ring (bicyclic) bond motifs is 1. The molecule has 0 atom stereocenters. The van der Waals surface area contributed by atoms with Gasteiger partial charge in [0.25, 0.3) is 6.01 Å². The van der Waals surface area contributed by atoms with Gasteiger partial charge in [0, 0.05) is 6.54 Å². The van der Waals surface area contributed by atoms with Gasteiger partial charge in [-0.15, -0.1) is 0 Å². The Bertz CT molecular complexity index is 1210. The molecule has 0 radical (unpaired) electrons. The maximum absolute atomic E-state index is 11.1. The van der Waals surface area contributed by atoms with Gasteiger partial charge in [-0.05, 0) is 17.5 Å². The second-order valence-electron chi connectivity index (χ2n) is 6.82. The van der Waals surface area contributed by atoms with E-state index in [1.807, 2.05) is 0 Å². The third-order valence-electron chi connectivity index (χ3n) is 4.18. The van der Waals surface area contributed by atoms with E-state index in [1.54, 1.807) is 24.3 Å². The quantitative estimate of drug-likeness (QED) is 0.309. The number of ether oxygens (including phenoxy) is 1. The third kappa shape index (κ3) is 6.02. The van der Waals surface area contributed by atoms with Crippen molar-refractivity contribution in [2.75, 3.05) is 25.1 Å². The summed E-state index contributed by atoms with van der Waals surface area (Å²) in [6.45, 7) is 0.511. The molecule has 3 rings (SSSR count). The number of aliphatic carboxylic acids is 1. The van der Waals surface area contributed by atoms with Crippen molar-refractivity contribution in [3.63, 3.8) is 0 Å². The molecule has 0 aliphatic heterocycles. The maximum atomic E-state index is 11.1. The van der Waals surface area contributed by atoms with Gasteiger partial charge >= 0.3 is 12.0 Å². The highest BCUT2D eigenvalue weighted by Crippen LogP contribution is 2.26. The second-order valence-corrected chi connectivity index (χ2v) is 8.65. The Balaban J connectivity index is 1.79. The monoisotopic (exact) mass is 450 g/mol. The number of nitrogen functional groups attached to an aromatic ring is 1. The van der Waals surface area contributed by atoms with Crippen LogP contribution in [0, 0.1) is 0 Å². The van der Waals surface area contributed by atoms with Crippen molar-refractivity contribution in [1.29, 1.82) is 0 Å². The summed E-state index contributed by atoms with van der Waals surface area (Å²) in [6.07, 6.45) is 1.33. The predicted molar refractivity (Wildman–Crippen MR) is 111 cm³/mol. The summed E-state index contributed by atoms with van der Waals surface area (Å²) in [6, 6.07) is 6.57. The van der Waals surface area contributed by atoms with E-state index in [0.717, 1.165) is 11.8 Å². The van der Waals surface area contributed by atoms with Gasteiger partial charge in [0.05, 0.1) is 25.8 Å². The molecule has 3 aromatic rings. The summed E-state index contributed by atoms with van der Waals surface area (Å²) in [5.41, 5.74) is 7.73. The van der Waals surface area contributed by atoms with Gasteiger partial charge in [-0.25, -0.2) is 13.1 Å². The van der Waals surface area contributed by atoms with Crippen LogP contribution in [0.2, 0.25) is 0 Å².